The molecule has 0 bridgehead atoms. The van der Waals surface area contributed by atoms with Gasteiger partial charge in [0, 0.05) is 33.4 Å². The van der Waals surface area contributed by atoms with Gasteiger partial charge in [-0.3, -0.25) is 4.99 Å². The summed E-state index contributed by atoms with van der Waals surface area (Å²) < 4.78 is 15.8. The molecule has 0 aliphatic rings. The van der Waals surface area contributed by atoms with Crippen LogP contribution in [0, 0.1) is 0 Å². The Morgan fingerprint density at radius 3 is 2.48 bits per heavy atom. The monoisotopic (exact) mass is 437 g/mol. The molecule has 1 aromatic carbocycles. The number of methoxy groups -OCH3 is 2. The Labute approximate surface area is 156 Å². The van der Waals surface area contributed by atoms with Crippen molar-refractivity contribution in [2.75, 3.05) is 41.0 Å². The average Bonchev–Trinajstić information content (AvgIpc) is 2.57. The van der Waals surface area contributed by atoms with E-state index in [0.717, 1.165) is 49.2 Å². The number of nitrogens with one attached hydrogen (secondary N) is 2. The molecule has 0 spiro atoms. The van der Waals surface area contributed by atoms with E-state index < -0.39 is 0 Å². The lowest BCUT2D eigenvalue weighted by Crippen LogP contribution is -2.37. The van der Waals surface area contributed by atoms with Crippen molar-refractivity contribution in [3.8, 4) is 11.5 Å². The quantitative estimate of drug-likeness (QED) is 0.269. The van der Waals surface area contributed by atoms with E-state index in [1.807, 2.05) is 25.1 Å². The van der Waals surface area contributed by atoms with Crippen molar-refractivity contribution in [1.82, 2.24) is 10.6 Å². The minimum atomic E-state index is 0. The summed E-state index contributed by atoms with van der Waals surface area (Å²) in [5.74, 6) is 2.22. The molecule has 132 valence electrons. The molecule has 7 heteroatoms. The highest BCUT2D eigenvalue weighted by molar-refractivity contribution is 14.0. The van der Waals surface area contributed by atoms with Crippen LogP contribution in [-0.2, 0) is 11.3 Å². The maximum Gasteiger partial charge on any atom is 0.191 e. The van der Waals surface area contributed by atoms with Crippen LogP contribution in [0.1, 0.15) is 18.9 Å². The lowest BCUT2D eigenvalue weighted by molar-refractivity contribution is 0.145. The molecule has 0 aliphatic carbocycles. The fourth-order valence-electron chi connectivity index (χ4n) is 1.92. The lowest BCUT2D eigenvalue weighted by atomic mass is 10.2. The molecule has 0 atom stereocenters. The molecule has 23 heavy (non-hydrogen) atoms. The van der Waals surface area contributed by atoms with Crippen molar-refractivity contribution in [2.24, 2.45) is 4.99 Å². The van der Waals surface area contributed by atoms with Crippen LogP contribution in [0.15, 0.2) is 23.2 Å². The van der Waals surface area contributed by atoms with E-state index in [1.54, 1.807) is 21.3 Å². The van der Waals surface area contributed by atoms with E-state index in [9.17, 15) is 0 Å². The first-order valence-corrected chi connectivity index (χ1v) is 7.48. The highest BCUT2D eigenvalue weighted by atomic mass is 127. The summed E-state index contributed by atoms with van der Waals surface area (Å²) in [5.41, 5.74) is 1.09. The molecule has 0 unspecified atom stereocenters. The van der Waals surface area contributed by atoms with E-state index in [2.05, 4.69) is 15.6 Å². The average molecular weight is 437 g/mol. The predicted octanol–water partition coefficient (Wildman–Crippen LogP) is 2.41. The summed E-state index contributed by atoms with van der Waals surface area (Å²) in [6.45, 7) is 5.00. The van der Waals surface area contributed by atoms with Gasteiger partial charge in [0.2, 0.25) is 0 Å². The zero-order valence-electron chi connectivity index (χ0n) is 14.3. The summed E-state index contributed by atoms with van der Waals surface area (Å²) in [4.78, 5) is 4.19. The number of guanidine groups is 1. The van der Waals surface area contributed by atoms with E-state index >= 15 is 0 Å². The molecule has 0 saturated heterocycles. The molecular weight excluding hydrogens is 409 g/mol. The standard InChI is InChI=1S/C16H27N3O3.HI/c1-5-22-10-6-9-18-16(17-2)19-12-13-7-8-14(20-3)15(11-13)21-4;/h7-8,11H,5-6,9-10,12H2,1-4H3,(H2,17,18,19);1H. The molecule has 0 heterocycles. The Kier molecular flexibility index (Phi) is 12.5. The highest BCUT2D eigenvalue weighted by Crippen LogP contribution is 2.27. The number of hydrogen-bond donors (Lipinski definition) is 2. The number of nitrogens with zero attached hydrogens (tertiary/aromatic N) is 1. The summed E-state index contributed by atoms with van der Waals surface area (Å²) in [6.07, 6.45) is 0.949. The van der Waals surface area contributed by atoms with Gasteiger partial charge >= 0.3 is 0 Å². The molecule has 0 radical (unpaired) electrons. The summed E-state index contributed by atoms with van der Waals surface area (Å²) in [6, 6.07) is 5.85. The number of halogens is 1. The third kappa shape index (κ3) is 8.26. The summed E-state index contributed by atoms with van der Waals surface area (Å²) in [5, 5.41) is 6.52. The fraction of sp³-hybridized carbons (Fsp3) is 0.562. The van der Waals surface area contributed by atoms with Crippen molar-refractivity contribution in [2.45, 2.75) is 19.9 Å². The van der Waals surface area contributed by atoms with Crippen LogP contribution < -0.4 is 20.1 Å². The zero-order valence-corrected chi connectivity index (χ0v) is 16.7. The number of hydrogen-bond acceptors (Lipinski definition) is 4. The molecule has 0 aromatic heterocycles. The minimum absolute atomic E-state index is 0. The first kappa shape index (κ1) is 21.8. The molecule has 1 aromatic rings. The highest BCUT2D eigenvalue weighted by Gasteiger charge is 2.05. The first-order chi connectivity index (χ1) is 10.7. The van der Waals surface area contributed by atoms with Crippen LogP contribution >= 0.6 is 24.0 Å². The SMILES string of the molecule is CCOCCCNC(=NC)NCc1ccc(OC)c(OC)c1.I. The second kappa shape index (κ2) is 13.2. The Morgan fingerprint density at radius 2 is 1.87 bits per heavy atom. The number of aliphatic imine (C=N–C) groups is 1. The van der Waals surface area contributed by atoms with Gasteiger partial charge in [0.05, 0.1) is 14.2 Å². The Morgan fingerprint density at radius 1 is 1.13 bits per heavy atom. The molecule has 0 amide bonds. The van der Waals surface area contributed by atoms with Gasteiger partial charge < -0.3 is 24.8 Å². The Balaban J connectivity index is 0.00000484. The molecule has 0 aliphatic heterocycles. The van der Waals surface area contributed by atoms with Gasteiger partial charge in [-0.15, -0.1) is 24.0 Å². The number of benzene rings is 1. The van der Waals surface area contributed by atoms with Gasteiger partial charge in [-0.2, -0.15) is 0 Å². The fourth-order valence-corrected chi connectivity index (χ4v) is 1.92. The predicted molar refractivity (Wildman–Crippen MR) is 104 cm³/mol. The first-order valence-electron chi connectivity index (χ1n) is 7.48. The van der Waals surface area contributed by atoms with Gasteiger partial charge in [0.15, 0.2) is 17.5 Å². The molecule has 1 rings (SSSR count). The smallest absolute Gasteiger partial charge is 0.191 e. The molecular formula is C16H28IN3O3. The van der Waals surface area contributed by atoms with Gasteiger partial charge in [0.1, 0.15) is 0 Å². The van der Waals surface area contributed by atoms with Crippen LogP contribution in [0.3, 0.4) is 0 Å². The molecule has 2 N–H and O–H groups in total. The second-order valence-corrected chi connectivity index (χ2v) is 4.59. The minimum Gasteiger partial charge on any atom is -0.493 e. The van der Waals surface area contributed by atoms with Crippen molar-refractivity contribution in [1.29, 1.82) is 0 Å². The van der Waals surface area contributed by atoms with Crippen molar-refractivity contribution >= 4 is 29.9 Å². The topological polar surface area (TPSA) is 64.1 Å². The third-order valence-electron chi connectivity index (χ3n) is 3.09. The Bertz CT molecular complexity index is 470. The van der Waals surface area contributed by atoms with Crippen molar-refractivity contribution in [3.63, 3.8) is 0 Å². The molecule has 6 nitrogen and oxygen atoms in total. The zero-order chi connectivity index (χ0) is 16.2. The van der Waals surface area contributed by atoms with E-state index in [4.69, 9.17) is 14.2 Å². The van der Waals surface area contributed by atoms with E-state index in [0.29, 0.717) is 6.54 Å². The maximum absolute atomic E-state index is 5.30. The normalized spacial score (nSPS) is 10.7. The van der Waals surface area contributed by atoms with Crippen LogP contribution in [0.5, 0.6) is 11.5 Å². The summed E-state index contributed by atoms with van der Waals surface area (Å²) in [7, 11) is 5.02. The number of rotatable bonds is 9. The maximum atomic E-state index is 5.30. The van der Waals surface area contributed by atoms with Crippen LogP contribution in [0.25, 0.3) is 0 Å². The molecule has 0 saturated carbocycles. The molecule has 0 fully saturated rings. The van der Waals surface area contributed by atoms with Crippen molar-refractivity contribution in [3.05, 3.63) is 23.8 Å². The number of ether oxygens (including phenoxy) is 3. The van der Waals surface area contributed by atoms with E-state index in [1.165, 1.54) is 0 Å². The van der Waals surface area contributed by atoms with Gasteiger partial charge in [-0.1, -0.05) is 6.07 Å². The third-order valence-corrected chi connectivity index (χ3v) is 3.09. The largest absolute Gasteiger partial charge is 0.493 e. The van der Waals surface area contributed by atoms with Crippen LogP contribution in [0.2, 0.25) is 0 Å². The summed E-state index contributed by atoms with van der Waals surface area (Å²) >= 11 is 0. The lowest BCUT2D eigenvalue weighted by Gasteiger charge is -2.13. The Hall–Kier alpha value is -1.22. The van der Waals surface area contributed by atoms with Gasteiger partial charge in [0.25, 0.3) is 0 Å². The van der Waals surface area contributed by atoms with Crippen molar-refractivity contribution < 1.29 is 14.2 Å². The van der Waals surface area contributed by atoms with Crippen LogP contribution in [0.4, 0.5) is 0 Å². The van der Waals surface area contributed by atoms with Gasteiger partial charge in [-0.25, -0.2) is 0 Å². The van der Waals surface area contributed by atoms with Crippen LogP contribution in [-0.4, -0.2) is 47.0 Å². The van der Waals surface area contributed by atoms with E-state index in [-0.39, 0.29) is 24.0 Å². The second-order valence-electron chi connectivity index (χ2n) is 4.59. The van der Waals surface area contributed by atoms with Gasteiger partial charge in [-0.05, 0) is 31.0 Å².